The summed E-state index contributed by atoms with van der Waals surface area (Å²) in [5.74, 6) is -0.893. The fourth-order valence-electron chi connectivity index (χ4n) is 3.51. The summed E-state index contributed by atoms with van der Waals surface area (Å²) in [7, 11) is 0. The Morgan fingerprint density at radius 1 is 1.27 bits per heavy atom. The summed E-state index contributed by atoms with van der Waals surface area (Å²) in [5.41, 5.74) is 6.01. The van der Waals surface area contributed by atoms with Gasteiger partial charge in [-0.2, -0.15) is 0 Å². The molecule has 0 bridgehead atoms. The van der Waals surface area contributed by atoms with Crippen molar-refractivity contribution in [2.45, 2.75) is 57.5 Å². The van der Waals surface area contributed by atoms with Crippen molar-refractivity contribution in [2.24, 2.45) is 0 Å². The first-order valence-corrected chi connectivity index (χ1v) is 8.30. The van der Waals surface area contributed by atoms with E-state index < -0.39 is 29.8 Å². The Morgan fingerprint density at radius 2 is 2.04 bits per heavy atom. The number of esters is 1. The standard InChI is InChI=1S/C16H21N5O5/c1-8(22)23-5-16(4)11-10(24-15(2,3)25-11)14(26-16)21-7-20-9-12(17)18-6-19-13(9)21/h6-7,10-11,14H,5H2,1-4H3,(H2,17,18,19)/t10-,11+,14-,16-/m1/s1. The molecule has 0 radical (unpaired) electrons. The third kappa shape index (κ3) is 2.61. The summed E-state index contributed by atoms with van der Waals surface area (Å²) in [6, 6.07) is 0. The van der Waals surface area contributed by atoms with Gasteiger partial charge in [0.25, 0.3) is 0 Å². The maximum Gasteiger partial charge on any atom is 0.302 e. The zero-order valence-electron chi connectivity index (χ0n) is 15.0. The fraction of sp³-hybridized carbons (Fsp3) is 0.625. The number of hydrogen-bond donors (Lipinski definition) is 1. The van der Waals surface area contributed by atoms with Gasteiger partial charge in [0.15, 0.2) is 23.5 Å². The van der Waals surface area contributed by atoms with Crippen LogP contribution in [-0.2, 0) is 23.7 Å². The van der Waals surface area contributed by atoms with Crippen molar-refractivity contribution >= 4 is 23.0 Å². The number of carbonyl (C=O) groups is 1. The summed E-state index contributed by atoms with van der Waals surface area (Å²) < 4.78 is 25.3. The molecule has 2 fully saturated rings. The van der Waals surface area contributed by atoms with E-state index in [4.69, 9.17) is 24.7 Å². The molecule has 140 valence electrons. The van der Waals surface area contributed by atoms with Gasteiger partial charge in [-0.3, -0.25) is 9.36 Å². The van der Waals surface area contributed by atoms with Gasteiger partial charge in [-0.05, 0) is 20.8 Å². The van der Waals surface area contributed by atoms with E-state index in [0.717, 1.165) is 0 Å². The number of aromatic nitrogens is 4. The van der Waals surface area contributed by atoms with Crippen molar-refractivity contribution in [3.63, 3.8) is 0 Å². The van der Waals surface area contributed by atoms with Crippen LogP contribution in [0.5, 0.6) is 0 Å². The van der Waals surface area contributed by atoms with E-state index in [-0.39, 0.29) is 18.4 Å². The molecule has 26 heavy (non-hydrogen) atoms. The third-order valence-corrected chi connectivity index (χ3v) is 4.63. The van der Waals surface area contributed by atoms with Crippen LogP contribution >= 0.6 is 0 Å². The van der Waals surface area contributed by atoms with Crippen LogP contribution < -0.4 is 5.73 Å². The highest BCUT2D eigenvalue weighted by molar-refractivity contribution is 5.81. The van der Waals surface area contributed by atoms with E-state index >= 15 is 0 Å². The average molecular weight is 363 g/mol. The van der Waals surface area contributed by atoms with Gasteiger partial charge in [0.1, 0.15) is 36.3 Å². The number of nitrogen functional groups attached to an aromatic ring is 1. The molecule has 10 nitrogen and oxygen atoms in total. The van der Waals surface area contributed by atoms with Crippen LogP contribution in [0.25, 0.3) is 11.2 Å². The van der Waals surface area contributed by atoms with Crippen LogP contribution in [-0.4, -0.2) is 55.7 Å². The number of fused-ring (bicyclic) bond motifs is 2. The van der Waals surface area contributed by atoms with Gasteiger partial charge < -0.3 is 24.7 Å². The molecule has 4 atom stereocenters. The predicted molar refractivity (Wildman–Crippen MR) is 88.7 cm³/mol. The number of carbonyl (C=O) groups excluding carboxylic acids is 1. The van der Waals surface area contributed by atoms with Crippen LogP contribution in [0.3, 0.4) is 0 Å². The first-order valence-electron chi connectivity index (χ1n) is 8.30. The molecule has 4 heterocycles. The van der Waals surface area contributed by atoms with Crippen LogP contribution in [0.4, 0.5) is 5.82 Å². The van der Waals surface area contributed by atoms with Crippen LogP contribution in [0, 0.1) is 0 Å². The number of rotatable bonds is 3. The first kappa shape index (κ1) is 17.1. The normalized spacial score (nSPS) is 32.7. The molecular weight excluding hydrogens is 342 g/mol. The quantitative estimate of drug-likeness (QED) is 0.788. The monoisotopic (exact) mass is 363 g/mol. The molecule has 0 aromatic carbocycles. The molecule has 2 N–H and O–H groups in total. The smallest absolute Gasteiger partial charge is 0.302 e. The van der Waals surface area contributed by atoms with E-state index in [2.05, 4.69) is 15.0 Å². The zero-order valence-corrected chi connectivity index (χ0v) is 15.0. The van der Waals surface area contributed by atoms with E-state index in [0.29, 0.717) is 11.2 Å². The minimum atomic E-state index is -0.885. The van der Waals surface area contributed by atoms with Gasteiger partial charge in [-0.25, -0.2) is 15.0 Å². The van der Waals surface area contributed by atoms with E-state index in [1.54, 1.807) is 10.9 Å². The summed E-state index contributed by atoms with van der Waals surface area (Å²) in [5, 5.41) is 0. The topological polar surface area (TPSA) is 124 Å². The van der Waals surface area contributed by atoms with Gasteiger partial charge >= 0.3 is 5.97 Å². The first-order chi connectivity index (χ1) is 12.2. The lowest BCUT2D eigenvalue weighted by Crippen LogP contribution is -2.44. The SMILES string of the molecule is CC(=O)OC[C@@]1(C)O[C@@H](n2cnc3c(N)ncnc32)[C@@H]2OC(C)(C)O[C@@H]21. The Hall–Kier alpha value is -2.30. The van der Waals surface area contributed by atoms with Crippen molar-refractivity contribution < 1.29 is 23.7 Å². The molecule has 0 aliphatic carbocycles. The van der Waals surface area contributed by atoms with Gasteiger partial charge in [0, 0.05) is 6.92 Å². The predicted octanol–water partition coefficient (Wildman–Crippen LogP) is 0.779. The molecule has 2 aromatic heterocycles. The molecule has 10 heteroatoms. The summed E-state index contributed by atoms with van der Waals surface area (Å²) in [6.45, 7) is 6.90. The van der Waals surface area contributed by atoms with Gasteiger partial charge in [0.2, 0.25) is 0 Å². The molecule has 0 amide bonds. The van der Waals surface area contributed by atoms with Gasteiger partial charge in [-0.1, -0.05) is 0 Å². The molecule has 0 unspecified atom stereocenters. The van der Waals surface area contributed by atoms with Gasteiger partial charge in [0.05, 0.1) is 6.33 Å². The molecule has 4 rings (SSSR count). The van der Waals surface area contributed by atoms with Crippen molar-refractivity contribution in [3.8, 4) is 0 Å². The summed E-state index contributed by atoms with van der Waals surface area (Å²) in [6.07, 6.45) is 1.53. The van der Waals surface area contributed by atoms with Crippen molar-refractivity contribution in [1.29, 1.82) is 0 Å². The van der Waals surface area contributed by atoms with Crippen LogP contribution in [0.15, 0.2) is 12.7 Å². The molecule has 0 spiro atoms. The second-order valence-corrected chi connectivity index (χ2v) is 7.21. The van der Waals surface area contributed by atoms with Crippen molar-refractivity contribution in [1.82, 2.24) is 19.5 Å². The lowest BCUT2D eigenvalue weighted by atomic mass is 9.98. The number of hydrogen-bond acceptors (Lipinski definition) is 9. The molecule has 2 aliphatic heterocycles. The summed E-state index contributed by atoms with van der Waals surface area (Å²) >= 11 is 0. The van der Waals surface area contributed by atoms with E-state index in [1.807, 2.05) is 20.8 Å². The lowest BCUT2D eigenvalue weighted by molar-refractivity contribution is -0.224. The Bertz CT molecular complexity index is 868. The van der Waals surface area contributed by atoms with Crippen LogP contribution in [0.1, 0.15) is 33.9 Å². The van der Waals surface area contributed by atoms with Crippen LogP contribution in [0.2, 0.25) is 0 Å². The fourth-order valence-corrected chi connectivity index (χ4v) is 3.51. The minimum absolute atomic E-state index is 0.0448. The Balaban J connectivity index is 1.74. The Morgan fingerprint density at radius 3 is 2.77 bits per heavy atom. The van der Waals surface area contributed by atoms with E-state index in [1.165, 1.54) is 13.3 Å². The number of ether oxygens (including phenoxy) is 4. The molecule has 0 saturated carbocycles. The highest BCUT2D eigenvalue weighted by atomic mass is 16.8. The van der Waals surface area contributed by atoms with Gasteiger partial charge in [-0.15, -0.1) is 0 Å². The number of nitrogens with zero attached hydrogens (tertiary/aromatic N) is 4. The maximum atomic E-state index is 11.3. The molecular formula is C16H21N5O5. The Labute approximate surface area is 149 Å². The zero-order chi connectivity index (χ0) is 18.7. The highest BCUT2D eigenvalue weighted by Crippen LogP contribution is 2.48. The second-order valence-electron chi connectivity index (χ2n) is 7.21. The third-order valence-electron chi connectivity index (χ3n) is 4.63. The van der Waals surface area contributed by atoms with Crippen molar-refractivity contribution in [3.05, 3.63) is 12.7 Å². The maximum absolute atomic E-state index is 11.3. The molecule has 2 aromatic rings. The molecule has 2 saturated heterocycles. The minimum Gasteiger partial charge on any atom is -0.463 e. The average Bonchev–Trinajstić information content (AvgIpc) is 3.19. The second kappa shape index (κ2) is 5.60. The number of anilines is 1. The number of nitrogens with two attached hydrogens (primary N) is 1. The van der Waals surface area contributed by atoms with E-state index in [9.17, 15) is 4.79 Å². The summed E-state index contributed by atoms with van der Waals surface area (Å²) in [4.78, 5) is 23.8. The largest absolute Gasteiger partial charge is 0.463 e. The number of imidazole rings is 1. The highest BCUT2D eigenvalue weighted by Gasteiger charge is 2.62. The Kier molecular flexibility index (Phi) is 3.69. The lowest BCUT2D eigenvalue weighted by Gasteiger charge is -2.31. The molecule has 2 aliphatic rings. The van der Waals surface area contributed by atoms with Crippen molar-refractivity contribution in [2.75, 3.05) is 12.3 Å².